The fourth-order valence-electron chi connectivity index (χ4n) is 4.40. The first-order valence-corrected chi connectivity index (χ1v) is 12.5. The van der Waals surface area contributed by atoms with Gasteiger partial charge in [-0.15, -0.1) is 11.8 Å². The molecule has 2 heterocycles. The van der Waals surface area contributed by atoms with E-state index in [1.165, 1.54) is 12.1 Å². The van der Waals surface area contributed by atoms with E-state index in [-0.39, 0.29) is 17.8 Å². The van der Waals surface area contributed by atoms with Gasteiger partial charge in [0.2, 0.25) is 6.41 Å². The maximum Gasteiger partial charge on any atom is 0.210 e. The molecule has 2 atom stereocenters. The summed E-state index contributed by atoms with van der Waals surface area (Å²) in [6.07, 6.45) is 4.29. The molecule has 1 amide bonds. The van der Waals surface area contributed by atoms with Crippen LogP contribution >= 0.6 is 23.4 Å². The van der Waals surface area contributed by atoms with Crippen LogP contribution in [0.1, 0.15) is 48.4 Å². The molecule has 4 nitrogen and oxygen atoms in total. The molecule has 1 N–H and O–H groups in total. The van der Waals surface area contributed by atoms with Gasteiger partial charge in [-0.25, -0.2) is 9.37 Å². The number of aromatic nitrogens is 1. The molecule has 2 unspecified atom stereocenters. The molecule has 1 aliphatic rings. The molecule has 1 saturated heterocycles. The van der Waals surface area contributed by atoms with Crippen molar-refractivity contribution in [3.63, 3.8) is 0 Å². The molecule has 172 valence electrons. The van der Waals surface area contributed by atoms with Gasteiger partial charge in [-0.3, -0.25) is 4.79 Å². The Balaban J connectivity index is 1.75. The van der Waals surface area contributed by atoms with E-state index < -0.39 is 0 Å². The predicted molar refractivity (Wildman–Crippen MR) is 134 cm³/mol. The number of para-hydroxylation sites is 1. The standard InChI is InChI=1S/C26H27ClFN3OS/c1-3-33-26-24(27)25(30-22-7-5-4-6-17(22)2)21(15-29-26)23-14-19(12-13-31(23)16-32)18-8-10-20(28)11-9-18/h4-11,15-16,19,23H,3,12-14H2,1-2H3,(H,29,30). The number of piperidine rings is 1. The topological polar surface area (TPSA) is 45.2 Å². The van der Waals surface area contributed by atoms with Crippen molar-refractivity contribution in [2.24, 2.45) is 0 Å². The monoisotopic (exact) mass is 483 g/mol. The summed E-state index contributed by atoms with van der Waals surface area (Å²) in [4.78, 5) is 18.5. The van der Waals surface area contributed by atoms with E-state index in [4.69, 9.17) is 11.6 Å². The Morgan fingerprint density at radius 1 is 1.24 bits per heavy atom. The quantitative estimate of drug-likeness (QED) is 0.287. The minimum absolute atomic E-state index is 0.191. The van der Waals surface area contributed by atoms with E-state index in [9.17, 15) is 9.18 Å². The van der Waals surface area contributed by atoms with Crippen LogP contribution in [0.4, 0.5) is 15.8 Å². The van der Waals surface area contributed by atoms with Gasteiger partial charge in [0.05, 0.1) is 16.8 Å². The van der Waals surface area contributed by atoms with Crippen molar-refractivity contribution >= 4 is 41.1 Å². The van der Waals surface area contributed by atoms with Crippen LogP contribution in [0.5, 0.6) is 0 Å². The molecule has 1 fully saturated rings. The van der Waals surface area contributed by atoms with Gasteiger partial charge in [0.15, 0.2) is 0 Å². The lowest BCUT2D eigenvalue weighted by Gasteiger charge is -2.38. The summed E-state index contributed by atoms with van der Waals surface area (Å²) in [5.74, 6) is 0.818. The fraction of sp³-hybridized carbons (Fsp3) is 0.308. The first-order chi connectivity index (χ1) is 16.0. The van der Waals surface area contributed by atoms with E-state index >= 15 is 0 Å². The normalized spacial score (nSPS) is 18.2. The number of thioether (sulfide) groups is 1. The van der Waals surface area contributed by atoms with E-state index in [2.05, 4.69) is 17.2 Å². The molecule has 7 heteroatoms. The van der Waals surface area contributed by atoms with Crippen LogP contribution in [0.15, 0.2) is 59.8 Å². The Kier molecular flexibility index (Phi) is 7.56. The minimum Gasteiger partial charge on any atom is -0.354 e. The number of carbonyl (C=O) groups excluding carboxylic acids is 1. The lowest BCUT2D eigenvalue weighted by atomic mass is 9.83. The first-order valence-electron chi connectivity index (χ1n) is 11.1. The maximum absolute atomic E-state index is 13.5. The molecular weight excluding hydrogens is 457 g/mol. The smallest absolute Gasteiger partial charge is 0.210 e. The Morgan fingerprint density at radius 2 is 2.00 bits per heavy atom. The zero-order valence-electron chi connectivity index (χ0n) is 18.7. The highest BCUT2D eigenvalue weighted by atomic mass is 35.5. The summed E-state index contributed by atoms with van der Waals surface area (Å²) in [7, 11) is 0. The highest BCUT2D eigenvalue weighted by Crippen LogP contribution is 2.45. The molecule has 33 heavy (non-hydrogen) atoms. The second-order valence-corrected chi connectivity index (χ2v) is 9.84. The molecule has 0 bridgehead atoms. The van der Waals surface area contributed by atoms with Crippen LogP contribution in [-0.4, -0.2) is 28.6 Å². The van der Waals surface area contributed by atoms with Gasteiger partial charge >= 0.3 is 0 Å². The molecule has 2 aromatic carbocycles. The van der Waals surface area contributed by atoms with Crippen LogP contribution in [-0.2, 0) is 4.79 Å². The van der Waals surface area contributed by atoms with Gasteiger partial charge in [0, 0.05) is 24.0 Å². The SMILES string of the molecule is CCSc1ncc(C2CC(c3ccc(F)cc3)CCN2C=O)c(Nc2ccccc2C)c1Cl. The maximum atomic E-state index is 13.5. The number of nitrogens with zero attached hydrogens (tertiary/aromatic N) is 2. The van der Waals surface area contributed by atoms with Crippen molar-refractivity contribution in [3.05, 3.63) is 82.3 Å². The predicted octanol–water partition coefficient (Wildman–Crippen LogP) is 7.12. The van der Waals surface area contributed by atoms with E-state index in [0.717, 1.165) is 51.7 Å². The number of hydrogen-bond donors (Lipinski definition) is 1. The molecule has 3 aromatic rings. The Labute approximate surface area is 203 Å². The van der Waals surface area contributed by atoms with Gasteiger partial charge in [-0.05, 0) is 60.8 Å². The van der Waals surface area contributed by atoms with Crippen LogP contribution in [0.25, 0.3) is 0 Å². The number of hydrogen-bond acceptors (Lipinski definition) is 4. The zero-order chi connectivity index (χ0) is 23.4. The van der Waals surface area contributed by atoms with Crippen molar-refractivity contribution in [1.82, 2.24) is 9.88 Å². The molecule has 0 radical (unpaired) electrons. The van der Waals surface area contributed by atoms with Crippen molar-refractivity contribution in [1.29, 1.82) is 0 Å². The van der Waals surface area contributed by atoms with E-state index in [0.29, 0.717) is 18.0 Å². The average molecular weight is 484 g/mol. The molecule has 0 aliphatic carbocycles. The number of pyridine rings is 1. The van der Waals surface area contributed by atoms with Crippen molar-refractivity contribution in [2.75, 3.05) is 17.6 Å². The highest BCUT2D eigenvalue weighted by molar-refractivity contribution is 7.99. The lowest BCUT2D eigenvalue weighted by Crippen LogP contribution is -2.35. The number of amides is 1. The summed E-state index contributed by atoms with van der Waals surface area (Å²) in [6.45, 7) is 4.72. The van der Waals surface area contributed by atoms with Gasteiger partial charge in [-0.1, -0.05) is 48.9 Å². The highest BCUT2D eigenvalue weighted by Gasteiger charge is 2.32. The summed E-state index contributed by atoms with van der Waals surface area (Å²) in [5.41, 5.74) is 4.82. The number of rotatable bonds is 7. The number of nitrogens with one attached hydrogen (secondary N) is 1. The second-order valence-electron chi connectivity index (χ2n) is 8.21. The first kappa shape index (κ1) is 23.6. The third kappa shape index (κ3) is 5.17. The van der Waals surface area contributed by atoms with Gasteiger partial charge in [0.25, 0.3) is 0 Å². The van der Waals surface area contributed by atoms with E-state index in [1.54, 1.807) is 11.8 Å². The molecule has 1 aromatic heterocycles. The molecular formula is C26H27ClFN3OS. The summed E-state index contributed by atoms with van der Waals surface area (Å²) >= 11 is 8.47. The third-order valence-electron chi connectivity index (χ3n) is 6.18. The Hall–Kier alpha value is -2.57. The lowest BCUT2D eigenvalue weighted by molar-refractivity contribution is -0.121. The van der Waals surface area contributed by atoms with E-state index in [1.807, 2.05) is 54.4 Å². The van der Waals surface area contributed by atoms with Gasteiger partial charge in [0.1, 0.15) is 10.8 Å². The minimum atomic E-state index is -0.245. The number of halogens is 2. The average Bonchev–Trinajstić information content (AvgIpc) is 2.83. The van der Waals surface area contributed by atoms with Crippen molar-refractivity contribution in [2.45, 2.75) is 43.7 Å². The Bertz CT molecular complexity index is 1130. The molecule has 0 spiro atoms. The summed E-state index contributed by atoms with van der Waals surface area (Å²) < 4.78 is 13.5. The Morgan fingerprint density at radius 3 is 2.70 bits per heavy atom. The number of anilines is 2. The molecule has 4 rings (SSSR count). The van der Waals surface area contributed by atoms with Crippen molar-refractivity contribution < 1.29 is 9.18 Å². The summed E-state index contributed by atoms with van der Waals surface area (Å²) in [6, 6.07) is 14.5. The molecule has 1 aliphatic heterocycles. The van der Waals surface area contributed by atoms with Crippen LogP contribution in [0, 0.1) is 12.7 Å². The van der Waals surface area contributed by atoms with Crippen LogP contribution in [0.2, 0.25) is 5.02 Å². The van der Waals surface area contributed by atoms with Crippen LogP contribution < -0.4 is 5.32 Å². The molecule has 0 saturated carbocycles. The van der Waals surface area contributed by atoms with Crippen molar-refractivity contribution in [3.8, 4) is 0 Å². The number of aryl methyl sites for hydroxylation is 1. The summed E-state index contributed by atoms with van der Waals surface area (Å²) in [5, 5.41) is 4.87. The number of benzene rings is 2. The number of likely N-dealkylation sites (tertiary alicyclic amines) is 1. The fourth-order valence-corrected chi connectivity index (χ4v) is 5.40. The third-order valence-corrected chi connectivity index (χ3v) is 7.53. The largest absolute Gasteiger partial charge is 0.354 e. The van der Waals surface area contributed by atoms with Crippen LogP contribution in [0.3, 0.4) is 0 Å². The number of carbonyl (C=O) groups is 1. The van der Waals surface area contributed by atoms with Gasteiger partial charge < -0.3 is 10.2 Å². The zero-order valence-corrected chi connectivity index (χ0v) is 20.3. The van der Waals surface area contributed by atoms with Gasteiger partial charge in [-0.2, -0.15) is 0 Å². The second kappa shape index (κ2) is 10.6.